The molecule has 1 atom stereocenters. The van der Waals surface area contributed by atoms with Crippen molar-refractivity contribution in [2.45, 2.75) is 84.3 Å². The van der Waals surface area contributed by atoms with E-state index in [2.05, 4.69) is 0 Å². The van der Waals surface area contributed by atoms with Gasteiger partial charge in [0.05, 0.1) is 23.5 Å². The van der Waals surface area contributed by atoms with Crippen molar-refractivity contribution >= 4 is 23.8 Å². The molecule has 1 aromatic rings. The molecule has 0 aliphatic carbocycles. The lowest BCUT2D eigenvalue weighted by Gasteiger charge is -2.41. The molecule has 0 amide bonds. The van der Waals surface area contributed by atoms with Crippen molar-refractivity contribution in [3.63, 3.8) is 0 Å². The number of rotatable bonds is 14. The average molecular weight is 524 g/mol. The van der Waals surface area contributed by atoms with Crippen LogP contribution in [0.3, 0.4) is 0 Å². The molecule has 0 radical (unpaired) electrons. The van der Waals surface area contributed by atoms with E-state index in [-0.39, 0.29) is 24.5 Å². The van der Waals surface area contributed by atoms with Crippen molar-refractivity contribution in [3.8, 4) is 0 Å². The molecule has 0 heterocycles. The normalized spacial score (nSPS) is 14.4. The minimum atomic E-state index is -4.41. The number of hydrogen-bond donors (Lipinski definition) is 2. The zero-order chi connectivity index (χ0) is 26.4. The summed E-state index contributed by atoms with van der Waals surface area (Å²) in [6, 6.07) is 5.21. The number of carboxylic acid groups (broad SMARTS) is 1. The third-order valence-electron chi connectivity index (χ3n) is 4.76. The Balaban J connectivity index is 3.55. The Kier molecular flexibility index (Phi) is 10.9. The Morgan fingerprint density at radius 2 is 1.50 bits per heavy atom. The molecule has 1 unspecified atom stereocenters. The van der Waals surface area contributed by atoms with Crippen LogP contribution in [0.25, 0.3) is 0 Å². The highest BCUT2D eigenvalue weighted by atomic mass is 32.2. The van der Waals surface area contributed by atoms with Gasteiger partial charge in [-0.2, -0.15) is 8.42 Å². The molecular weight excluding hydrogens is 485 g/mol. The van der Waals surface area contributed by atoms with Crippen molar-refractivity contribution in [3.05, 3.63) is 29.8 Å². The summed E-state index contributed by atoms with van der Waals surface area (Å²) in [4.78, 5) is 18.9. The number of nitrogens with zero attached hydrogens (tertiary/aromatic N) is 1. The average Bonchev–Trinajstić information content (AvgIpc) is 2.72. The smallest absolute Gasteiger partial charge is 0.431 e. The molecule has 196 valence electrons. The van der Waals surface area contributed by atoms with Crippen LogP contribution >= 0.6 is 7.75 Å². The first kappa shape index (κ1) is 30.7. The summed E-state index contributed by atoms with van der Waals surface area (Å²) in [6.07, 6.45) is 0.181. The van der Waals surface area contributed by atoms with Crippen molar-refractivity contribution in [2.75, 3.05) is 13.2 Å². The van der Waals surface area contributed by atoms with Crippen LogP contribution in [0.4, 0.5) is 0 Å². The molecule has 0 bridgehead atoms. The van der Waals surface area contributed by atoms with Gasteiger partial charge in [-0.25, -0.2) is 4.57 Å². The fourth-order valence-corrected chi connectivity index (χ4v) is 5.44. The first-order valence-electron chi connectivity index (χ1n) is 11.2. The van der Waals surface area contributed by atoms with Crippen LogP contribution in [0.5, 0.6) is 0 Å². The highest BCUT2D eigenvalue weighted by molar-refractivity contribution is 7.85. The first-order chi connectivity index (χ1) is 15.5. The summed E-state index contributed by atoms with van der Waals surface area (Å²) in [5, 5.41) is 9.69. The fraction of sp³-hybridized carbons (Fsp3) is 0.682. The van der Waals surface area contributed by atoms with E-state index in [0.717, 1.165) is 4.83 Å². The summed E-state index contributed by atoms with van der Waals surface area (Å²) >= 11 is 0. The van der Waals surface area contributed by atoms with Crippen molar-refractivity contribution in [1.29, 1.82) is 0 Å². The Morgan fingerprint density at radius 1 is 1.03 bits per heavy atom. The second kappa shape index (κ2) is 12.1. The lowest BCUT2D eigenvalue weighted by molar-refractivity contribution is -0.206. The van der Waals surface area contributed by atoms with E-state index in [4.69, 9.17) is 13.9 Å². The SMILES string of the molecule is CCCOP(=O)(OCCC)N(OC(CC(C)(C)C(=O)O)c1ccc(S(=O)(=O)O)cc1)C(C)(C)C. The van der Waals surface area contributed by atoms with Crippen molar-refractivity contribution < 1.29 is 41.3 Å². The van der Waals surface area contributed by atoms with Crippen LogP contribution in [0.2, 0.25) is 0 Å². The van der Waals surface area contributed by atoms with E-state index in [9.17, 15) is 27.4 Å². The molecule has 1 aromatic carbocycles. The molecule has 2 N–H and O–H groups in total. The van der Waals surface area contributed by atoms with Gasteiger partial charge in [-0.1, -0.05) is 30.8 Å². The minimum absolute atomic E-state index is 0.0400. The molecular formula is C22H38NO9PS. The van der Waals surface area contributed by atoms with Crippen molar-refractivity contribution in [1.82, 2.24) is 4.83 Å². The van der Waals surface area contributed by atoms with Crippen LogP contribution in [0.1, 0.15) is 79.4 Å². The molecule has 0 fully saturated rings. The Hall–Kier alpha value is -1.33. The second-order valence-electron chi connectivity index (χ2n) is 9.61. The van der Waals surface area contributed by atoms with Gasteiger partial charge in [-0.05, 0) is 71.6 Å². The van der Waals surface area contributed by atoms with E-state index in [1.165, 1.54) is 38.1 Å². The maximum Gasteiger partial charge on any atom is 0.431 e. The van der Waals surface area contributed by atoms with E-state index >= 15 is 0 Å². The van der Waals surface area contributed by atoms with Crippen LogP contribution < -0.4 is 0 Å². The molecule has 0 saturated heterocycles. The largest absolute Gasteiger partial charge is 0.481 e. The fourth-order valence-electron chi connectivity index (χ4n) is 2.88. The van der Waals surface area contributed by atoms with Gasteiger partial charge in [0.2, 0.25) is 0 Å². The summed E-state index contributed by atoms with van der Waals surface area (Å²) in [5.74, 6) is -1.06. The van der Waals surface area contributed by atoms with Gasteiger partial charge < -0.3 is 5.11 Å². The molecule has 10 nitrogen and oxygen atoms in total. The predicted molar refractivity (Wildman–Crippen MR) is 128 cm³/mol. The Labute approximate surface area is 202 Å². The number of benzene rings is 1. The molecule has 0 aliphatic heterocycles. The summed E-state index contributed by atoms with van der Waals surface area (Å²) < 4.78 is 57.3. The van der Waals surface area contributed by atoms with Gasteiger partial charge in [0.1, 0.15) is 6.10 Å². The maximum absolute atomic E-state index is 13.9. The summed E-state index contributed by atoms with van der Waals surface area (Å²) in [7, 11) is -8.37. The zero-order valence-electron chi connectivity index (χ0n) is 21.0. The van der Waals surface area contributed by atoms with Crippen molar-refractivity contribution in [2.24, 2.45) is 5.41 Å². The van der Waals surface area contributed by atoms with Gasteiger partial charge in [0.15, 0.2) is 0 Å². The van der Waals surface area contributed by atoms with Crippen LogP contribution in [0.15, 0.2) is 29.2 Å². The van der Waals surface area contributed by atoms with E-state index < -0.39 is 40.9 Å². The standard InChI is InChI=1S/C22H38NO9PS/c1-8-14-30-33(26,31-15-9-2)23(21(3,4)5)32-19(16-22(6,7)20(24)25)17-10-12-18(13-11-17)34(27,28)29/h10-13,19H,8-9,14-16H2,1-7H3,(H,24,25)(H,27,28,29). The maximum atomic E-state index is 13.9. The molecule has 0 aromatic heterocycles. The van der Waals surface area contributed by atoms with Gasteiger partial charge in [0, 0.05) is 5.54 Å². The number of hydrogen-bond acceptors (Lipinski definition) is 7. The number of aliphatic carboxylic acids is 1. The topological polar surface area (TPSA) is 140 Å². The van der Waals surface area contributed by atoms with Crippen LogP contribution in [0, 0.1) is 5.41 Å². The van der Waals surface area contributed by atoms with Gasteiger partial charge in [-0.3, -0.25) is 23.2 Å². The zero-order valence-corrected chi connectivity index (χ0v) is 22.7. The van der Waals surface area contributed by atoms with Gasteiger partial charge in [0.25, 0.3) is 10.1 Å². The Bertz CT molecular complexity index is 944. The third kappa shape index (κ3) is 8.71. The minimum Gasteiger partial charge on any atom is -0.481 e. The number of carbonyl (C=O) groups is 1. The predicted octanol–water partition coefficient (Wildman–Crippen LogP) is 5.47. The summed E-state index contributed by atoms with van der Waals surface area (Å²) in [6.45, 7) is 12.4. The summed E-state index contributed by atoms with van der Waals surface area (Å²) in [5.41, 5.74) is -1.70. The van der Waals surface area contributed by atoms with E-state index in [0.29, 0.717) is 18.4 Å². The lowest BCUT2D eigenvalue weighted by Crippen LogP contribution is -2.42. The van der Waals surface area contributed by atoms with E-state index in [1.54, 1.807) is 20.8 Å². The first-order valence-corrected chi connectivity index (χ1v) is 14.1. The second-order valence-corrected chi connectivity index (χ2v) is 12.8. The van der Waals surface area contributed by atoms with Crippen LogP contribution in [-0.2, 0) is 33.4 Å². The molecule has 0 saturated carbocycles. The molecule has 1 rings (SSSR count). The highest BCUT2D eigenvalue weighted by Crippen LogP contribution is 2.57. The quantitative estimate of drug-likeness (QED) is 0.183. The molecule has 12 heteroatoms. The third-order valence-corrected chi connectivity index (χ3v) is 7.79. The van der Waals surface area contributed by atoms with Gasteiger partial charge >= 0.3 is 13.7 Å². The van der Waals surface area contributed by atoms with Crippen LogP contribution in [-0.4, -0.2) is 47.6 Å². The molecule has 34 heavy (non-hydrogen) atoms. The van der Waals surface area contributed by atoms with Gasteiger partial charge in [-0.15, -0.1) is 0 Å². The molecule has 0 aliphatic rings. The monoisotopic (exact) mass is 523 g/mol. The highest BCUT2D eigenvalue weighted by Gasteiger charge is 2.45. The molecule has 0 spiro atoms. The Morgan fingerprint density at radius 3 is 1.85 bits per heavy atom. The number of hydroxylamine groups is 1. The van der Waals surface area contributed by atoms with E-state index in [1.807, 2.05) is 13.8 Å². The number of carboxylic acids is 1. The lowest BCUT2D eigenvalue weighted by atomic mass is 9.85.